The Labute approximate surface area is 104 Å². The molecule has 1 aromatic rings. The summed E-state index contributed by atoms with van der Waals surface area (Å²) in [7, 11) is 0. The predicted molar refractivity (Wildman–Crippen MR) is 69.4 cm³/mol. The van der Waals surface area contributed by atoms with Gasteiger partial charge in [-0.25, -0.2) is 0 Å². The minimum Gasteiger partial charge on any atom is -0.493 e. The predicted octanol–water partition coefficient (Wildman–Crippen LogP) is 1.88. The van der Waals surface area contributed by atoms with Crippen LogP contribution in [0.15, 0.2) is 24.3 Å². The van der Waals surface area contributed by atoms with Crippen LogP contribution in [0.5, 0.6) is 5.75 Å². The van der Waals surface area contributed by atoms with Crippen molar-refractivity contribution in [2.24, 2.45) is 5.73 Å². The fraction of sp³-hybridized carbons (Fsp3) is 0.455. The molecule has 1 aromatic carbocycles. The van der Waals surface area contributed by atoms with Gasteiger partial charge in [-0.15, -0.1) is 0 Å². The first kappa shape index (κ1) is 12.7. The second-order valence-electron chi connectivity index (χ2n) is 3.41. The van der Waals surface area contributed by atoms with Crippen molar-refractivity contribution in [2.45, 2.75) is 19.1 Å². The fourth-order valence-electron chi connectivity index (χ4n) is 1.25. The Kier molecular flexibility index (Phi) is 5.35. The first-order chi connectivity index (χ1) is 7.15. The number of benzene rings is 1. The summed E-state index contributed by atoms with van der Waals surface area (Å²) in [6, 6.07) is 7.16. The summed E-state index contributed by atoms with van der Waals surface area (Å²) in [5, 5.41) is 9.77. The molecule has 0 aliphatic rings. The number of rotatable bonds is 5. The van der Waals surface area contributed by atoms with Gasteiger partial charge in [-0.2, -0.15) is 0 Å². The molecule has 0 spiro atoms. The lowest BCUT2D eigenvalue weighted by atomic mass is 10.0. The van der Waals surface area contributed by atoms with Gasteiger partial charge in [0.05, 0.1) is 12.7 Å². The molecule has 2 unspecified atom stereocenters. The van der Waals surface area contributed by atoms with Gasteiger partial charge in [-0.05, 0) is 24.6 Å². The number of aliphatic hydroxyl groups is 1. The van der Waals surface area contributed by atoms with Crippen LogP contribution in [0.2, 0.25) is 0 Å². The molecule has 0 aliphatic heterocycles. The standard InChI is InChI=1S/C11H16INO2/c1-8(13)11(14)9-3-2-4-10(7-9)15-6-5-12/h2-4,7-8,11,14H,5-6,13H2,1H3. The largest absolute Gasteiger partial charge is 0.493 e. The molecule has 0 radical (unpaired) electrons. The van der Waals surface area contributed by atoms with Crippen LogP contribution in [-0.2, 0) is 0 Å². The molecule has 1 rings (SSSR count). The molecule has 0 amide bonds. The Morgan fingerprint density at radius 2 is 2.27 bits per heavy atom. The molecule has 15 heavy (non-hydrogen) atoms. The number of hydrogen-bond acceptors (Lipinski definition) is 3. The van der Waals surface area contributed by atoms with Crippen molar-refractivity contribution in [3.63, 3.8) is 0 Å². The van der Waals surface area contributed by atoms with E-state index in [4.69, 9.17) is 10.5 Å². The van der Waals surface area contributed by atoms with Gasteiger partial charge in [0.1, 0.15) is 5.75 Å². The number of ether oxygens (including phenoxy) is 1. The van der Waals surface area contributed by atoms with Gasteiger partial charge < -0.3 is 15.6 Å². The zero-order chi connectivity index (χ0) is 11.3. The van der Waals surface area contributed by atoms with Crippen LogP contribution in [0.4, 0.5) is 0 Å². The van der Waals surface area contributed by atoms with E-state index < -0.39 is 6.10 Å². The number of nitrogens with two attached hydrogens (primary N) is 1. The maximum atomic E-state index is 9.77. The highest BCUT2D eigenvalue weighted by Gasteiger charge is 2.12. The molecule has 2 atom stereocenters. The number of alkyl halides is 1. The van der Waals surface area contributed by atoms with Crippen molar-refractivity contribution in [1.29, 1.82) is 0 Å². The van der Waals surface area contributed by atoms with Crippen LogP contribution < -0.4 is 10.5 Å². The Balaban J connectivity index is 2.73. The van der Waals surface area contributed by atoms with E-state index in [-0.39, 0.29) is 6.04 Å². The van der Waals surface area contributed by atoms with Gasteiger partial charge in [-0.3, -0.25) is 0 Å². The lowest BCUT2D eigenvalue weighted by Gasteiger charge is -2.15. The maximum Gasteiger partial charge on any atom is 0.119 e. The fourth-order valence-corrected chi connectivity index (χ4v) is 1.47. The third-order valence-electron chi connectivity index (χ3n) is 2.04. The van der Waals surface area contributed by atoms with Crippen molar-refractivity contribution in [3.05, 3.63) is 29.8 Å². The molecular weight excluding hydrogens is 305 g/mol. The lowest BCUT2D eigenvalue weighted by Crippen LogP contribution is -2.24. The smallest absolute Gasteiger partial charge is 0.119 e. The summed E-state index contributed by atoms with van der Waals surface area (Å²) in [4.78, 5) is 0. The van der Waals surface area contributed by atoms with E-state index in [0.29, 0.717) is 6.61 Å². The van der Waals surface area contributed by atoms with E-state index in [1.54, 1.807) is 6.92 Å². The van der Waals surface area contributed by atoms with Crippen molar-refractivity contribution in [3.8, 4) is 5.75 Å². The van der Waals surface area contributed by atoms with Gasteiger partial charge in [0.15, 0.2) is 0 Å². The first-order valence-corrected chi connectivity index (χ1v) is 6.40. The SMILES string of the molecule is CC(N)C(O)c1cccc(OCCI)c1. The third kappa shape index (κ3) is 3.96. The van der Waals surface area contributed by atoms with Crippen molar-refractivity contribution in [2.75, 3.05) is 11.0 Å². The Bertz CT molecular complexity index is 304. The second-order valence-corrected chi connectivity index (χ2v) is 4.49. The monoisotopic (exact) mass is 321 g/mol. The van der Waals surface area contributed by atoms with Crippen LogP contribution >= 0.6 is 22.6 Å². The molecule has 3 N–H and O–H groups in total. The molecule has 84 valence electrons. The molecule has 0 aliphatic carbocycles. The number of aliphatic hydroxyl groups excluding tert-OH is 1. The van der Waals surface area contributed by atoms with Crippen LogP contribution in [0.3, 0.4) is 0 Å². The Morgan fingerprint density at radius 3 is 2.87 bits per heavy atom. The van der Waals surface area contributed by atoms with Crippen LogP contribution in [0.25, 0.3) is 0 Å². The van der Waals surface area contributed by atoms with E-state index in [9.17, 15) is 5.11 Å². The minimum absolute atomic E-state index is 0.273. The van der Waals surface area contributed by atoms with Gasteiger partial charge >= 0.3 is 0 Å². The zero-order valence-electron chi connectivity index (χ0n) is 8.69. The minimum atomic E-state index is -0.631. The van der Waals surface area contributed by atoms with E-state index in [2.05, 4.69) is 22.6 Å². The van der Waals surface area contributed by atoms with E-state index in [1.165, 1.54) is 0 Å². The number of halogens is 1. The topological polar surface area (TPSA) is 55.5 Å². The highest BCUT2D eigenvalue weighted by molar-refractivity contribution is 14.1. The third-order valence-corrected chi connectivity index (χ3v) is 2.48. The van der Waals surface area contributed by atoms with E-state index in [0.717, 1.165) is 15.7 Å². The molecule has 0 aromatic heterocycles. The van der Waals surface area contributed by atoms with E-state index in [1.807, 2.05) is 24.3 Å². The normalized spacial score (nSPS) is 14.7. The summed E-state index contributed by atoms with van der Waals surface area (Å²) in [6.07, 6.45) is -0.631. The zero-order valence-corrected chi connectivity index (χ0v) is 10.8. The summed E-state index contributed by atoms with van der Waals surface area (Å²) in [6.45, 7) is 2.46. The highest BCUT2D eigenvalue weighted by atomic mass is 127. The van der Waals surface area contributed by atoms with Crippen LogP contribution in [0, 0.1) is 0 Å². The molecular formula is C11H16INO2. The molecule has 0 saturated heterocycles. The van der Waals surface area contributed by atoms with E-state index >= 15 is 0 Å². The molecule has 0 heterocycles. The van der Waals surface area contributed by atoms with Crippen molar-refractivity contribution in [1.82, 2.24) is 0 Å². The van der Waals surface area contributed by atoms with Crippen LogP contribution in [0.1, 0.15) is 18.6 Å². The maximum absolute atomic E-state index is 9.77. The summed E-state index contributed by atoms with van der Waals surface area (Å²) in [5.41, 5.74) is 6.43. The quantitative estimate of drug-likeness (QED) is 0.643. The summed E-state index contributed by atoms with van der Waals surface area (Å²) in [5.74, 6) is 0.781. The average Bonchev–Trinajstić information content (AvgIpc) is 2.25. The summed E-state index contributed by atoms with van der Waals surface area (Å²) >= 11 is 2.25. The second kappa shape index (κ2) is 6.30. The lowest BCUT2D eigenvalue weighted by molar-refractivity contribution is 0.153. The first-order valence-electron chi connectivity index (χ1n) is 4.87. The van der Waals surface area contributed by atoms with Gasteiger partial charge in [0, 0.05) is 10.5 Å². The molecule has 0 bridgehead atoms. The Morgan fingerprint density at radius 1 is 1.53 bits per heavy atom. The van der Waals surface area contributed by atoms with Crippen molar-refractivity contribution >= 4 is 22.6 Å². The molecule has 0 saturated carbocycles. The van der Waals surface area contributed by atoms with Gasteiger partial charge in [-0.1, -0.05) is 34.7 Å². The van der Waals surface area contributed by atoms with Crippen molar-refractivity contribution < 1.29 is 9.84 Å². The average molecular weight is 321 g/mol. The number of hydrogen-bond donors (Lipinski definition) is 2. The highest BCUT2D eigenvalue weighted by Crippen LogP contribution is 2.20. The van der Waals surface area contributed by atoms with Crippen LogP contribution in [-0.4, -0.2) is 22.2 Å². The Hall–Kier alpha value is -0.330. The molecule has 3 nitrogen and oxygen atoms in total. The van der Waals surface area contributed by atoms with Gasteiger partial charge in [0.25, 0.3) is 0 Å². The molecule has 4 heteroatoms. The van der Waals surface area contributed by atoms with Gasteiger partial charge in [0.2, 0.25) is 0 Å². The summed E-state index contributed by atoms with van der Waals surface area (Å²) < 4.78 is 6.41. The molecule has 0 fully saturated rings.